The summed E-state index contributed by atoms with van der Waals surface area (Å²) in [4.78, 5) is 0. The second-order valence-corrected chi connectivity index (χ2v) is 12.3. The zero-order valence-electron chi connectivity index (χ0n) is 22.1. The molecule has 0 aromatic heterocycles. The maximum Gasteiger partial charge on any atom is 0.431 e. The highest BCUT2D eigenvalue weighted by molar-refractivity contribution is 14.1. The van der Waals surface area contributed by atoms with Gasteiger partial charge >= 0.3 is 49.4 Å². The van der Waals surface area contributed by atoms with Crippen LogP contribution in [0.3, 0.4) is 0 Å². The molecule has 0 aliphatic heterocycles. The molecule has 0 rings (SSSR count). The van der Waals surface area contributed by atoms with Gasteiger partial charge in [0.1, 0.15) is 3.92 Å². The summed E-state index contributed by atoms with van der Waals surface area (Å²) in [5.41, 5.74) is -12.6. The molecular weight excluding hydrogens is 988 g/mol. The van der Waals surface area contributed by atoms with E-state index in [2.05, 4.69) is 0 Å². The van der Waals surface area contributed by atoms with Crippen molar-refractivity contribution in [2.24, 2.45) is 17.8 Å². The molecule has 0 aliphatic carbocycles. The Kier molecular flexibility index (Phi) is 16.7. The van der Waals surface area contributed by atoms with Gasteiger partial charge in [0, 0.05) is 17.3 Å². The van der Waals surface area contributed by atoms with Crippen molar-refractivity contribution in [2.75, 3.05) is 4.43 Å². The van der Waals surface area contributed by atoms with Crippen LogP contribution in [0.2, 0.25) is 0 Å². The minimum Gasteiger partial charge on any atom is -0.224 e. The lowest BCUT2D eigenvalue weighted by molar-refractivity contribution is -0.353. The number of rotatable bonds is 10. The molecule has 4 atom stereocenters. The van der Waals surface area contributed by atoms with Gasteiger partial charge in [-0.1, -0.05) is 45.2 Å². The molecule has 0 aromatic carbocycles. The van der Waals surface area contributed by atoms with Crippen LogP contribution in [0.1, 0.15) is 32.1 Å². The van der Waals surface area contributed by atoms with Crippen LogP contribution in [0, 0.1) is 17.8 Å². The fourth-order valence-electron chi connectivity index (χ4n) is 3.40. The summed E-state index contributed by atoms with van der Waals surface area (Å²) in [6, 6.07) is 0. The Bertz CT molecular complexity index is 930. The van der Waals surface area contributed by atoms with Crippen LogP contribution in [-0.4, -0.2) is 69.1 Å². The third-order valence-corrected chi connectivity index (χ3v) is 7.95. The van der Waals surface area contributed by atoms with Crippen LogP contribution >= 0.6 is 45.2 Å². The maximum absolute atomic E-state index is 13.5. The predicted octanol–water partition coefficient (Wildman–Crippen LogP) is 12.9. The summed E-state index contributed by atoms with van der Waals surface area (Å²) < 4.78 is 321. The summed E-state index contributed by atoms with van der Waals surface area (Å²) >= 11 is 1.74. The Morgan fingerprint density at radius 3 is 0.792 bits per heavy atom. The highest BCUT2D eigenvalue weighted by Crippen LogP contribution is 2.55. The highest BCUT2D eigenvalue weighted by Gasteiger charge is 2.75. The zero-order chi connectivity index (χ0) is 39.6. The van der Waals surface area contributed by atoms with Crippen LogP contribution in [0.15, 0.2) is 0 Å². The molecule has 0 heterocycles. The smallest absolute Gasteiger partial charge is 0.224 e. The molecule has 48 heavy (non-hydrogen) atoms. The Morgan fingerprint density at radius 2 is 0.604 bits per heavy atom. The topological polar surface area (TPSA) is 0 Å². The van der Waals surface area contributed by atoms with Gasteiger partial charge in [0.25, 0.3) is 11.3 Å². The van der Waals surface area contributed by atoms with Crippen LogP contribution < -0.4 is 0 Å². The van der Waals surface area contributed by atoms with Gasteiger partial charge in [-0.2, -0.15) is 105 Å². The van der Waals surface area contributed by atoms with Gasteiger partial charge in [0.15, 0.2) is 0 Å². The zero-order valence-corrected chi connectivity index (χ0v) is 26.5. The molecule has 0 spiro atoms. The standard InChI is InChI=1S/C11H10F13I.C9H6F13I/c12-7(10(19,20)21,11(22,23)24)4-6(9(16,17)18)3-5(1-2-25)8(13,14)15;10-5(8(17,18)19,9(20,21)22)2-3(6(11,12)13)1-4(23)7(14,15)16/h5-6H,1-4H2;3-4H,1-2H2. The average molecular weight is 1000 g/mol. The van der Waals surface area contributed by atoms with Gasteiger partial charge in [-0.05, 0) is 19.3 Å². The number of alkyl halides is 28. The van der Waals surface area contributed by atoms with E-state index in [0.717, 1.165) is 0 Å². The molecule has 0 fully saturated rings. The van der Waals surface area contributed by atoms with E-state index in [1.54, 1.807) is 0 Å². The predicted molar refractivity (Wildman–Crippen MR) is 126 cm³/mol. The normalized spacial score (nSPS) is 17.8. The third-order valence-electron chi connectivity index (χ3n) is 6.11. The van der Waals surface area contributed by atoms with Crippen molar-refractivity contribution < 1.29 is 114 Å². The first-order valence-corrected chi connectivity index (χ1v) is 14.4. The summed E-state index contributed by atoms with van der Waals surface area (Å²) in [5, 5.41) is 0. The van der Waals surface area contributed by atoms with Crippen molar-refractivity contribution in [1.29, 1.82) is 0 Å². The fraction of sp³-hybridized carbons (Fsp3) is 1.00. The maximum atomic E-state index is 13.5. The van der Waals surface area contributed by atoms with Gasteiger partial charge in [-0.3, -0.25) is 0 Å². The fourth-order valence-corrected chi connectivity index (χ4v) is 4.77. The lowest BCUT2D eigenvalue weighted by Crippen LogP contribution is -2.55. The van der Waals surface area contributed by atoms with Crippen LogP contribution in [0.5, 0.6) is 0 Å². The molecule has 0 bridgehead atoms. The number of hydrogen-bond acceptors (Lipinski definition) is 0. The summed E-state index contributed by atoms with van der Waals surface area (Å²) in [5.74, 6) is -10.4. The second-order valence-electron chi connectivity index (χ2n) is 9.68. The molecule has 0 saturated carbocycles. The molecule has 0 aromatic rings. The Morgan fingerprint density at radius 1 is 0.354 bits per heavy atom. The molecular formula is C20H16F26I2. The average Bonchev–Trinajstić information content (AvgIpc) is 2.77. The van der Waals surface area contributed by atoms with Crippen molar-refractivity contribution >= 4 is 45.2 Å². The van der Waals surface area contributed by atoms with Gasteiger partial charge in [-0.25, -0.2) is 8.78 Å². The molecule has 0 aliphatic rings. The number of halogens is 28. The summed E-state index contributed by atoms with van der Waals surface area (Å²) in [7, 11) is 0. The van der Waals surface area contributed by atoms with Crippen molar-refractivity contribution in [3.63, 3.8) is 0 Å². The number of hydrogen-bond donors (Lipinski definition) is 0. The summed E-state index contributed by atoms with van der Waals surface area (Å²) in [6.45, 7) is 0. The molecule has 28 heteroatoms. The van der Waals surface area contributed by atoms with E-state index in [1.165, 1.54) is 22.6 Å². The van der Waals surface area contributed by atoms with Crippen molar-refractivity contribution in [2.45, 2.75) is 96.8 Å². The molecule has 4 unspecified atom stereocenters. The van der Waals surface area contributed by atoms with Crippen LogP contribution in [0.4, 0.5) is 114 Å². The Hall–Kier alpha value is -0.360. The molecule has 0 N–H and O–H groups in total. The van der Waals surface area contributed by atoms with E-state index >= 15 is 0 Å². The quantitative estimate of drug-likeness (QED) is 0.116. The van der Waals surface area contributed by atoms with Crippen molar-refractivity contribution in [1.82, 2.24) is 0 Å². The third kappa shape index (κ3) is 14.0. The molecule has 0 nitrogen and oxygen atoms in total. The minimum absolute atomic E-state index is 0.355. The molecule has 292 valence electrons. The first-order chi connectivity index (χ1) is 20.5. The second kappa shape index (κ2) is 16.1. The lowest BCUT2D eigenvalue weighted by Gasteiger charge is -2.35. The Labute approximate surface area is 278 Å². The summed E-state index contributed by atoms with van der Waals surface area (Å²) in [6.07, 6.45) is -61.2. The van der Waals surface area contributed by atoms with E-state index in [4.69, 9.17) is 0 Å². The first-order valence-electron chi connectivity index (χ1n) is 11.6. The van der Waals surface area contributed by atoms with E-state index in [-0.39, 0.29) is 4.43 Å². The first kappa shape index (κ1) is 49.8. The van der Waals surface area contributed by atoms with E-state index in [9.17, 15) is 114 Å². The van der Waals surface area contributed by atoms with Gasteiger partial charge in [-0.15, -0.1) is 0 Å². The van der Waals surface area contributed by atoms with Gasteiger partial charge in [0.2, 0.25) is 0 Å². The molecule has 0 amide bonds. The SMILES string of the molecule is FC(F)(F)C(CCI)CC(CC(F)(C(F)(F)F)C(F)(F)F)C(F)(F)F.FC(F)(F)C(I)CC(CC(F)(C(F)(F)F)C(F)(F)F)C(F)(F)F. The van der Waals surface area contributed by atoms with Crippen molar-refractivity contribution in [3.8, 4) is 0 Å². The minimum atomic E-state index is -6.77. The molecule has 0 radical (unpaired) electrons. The van der Waals surface area contributed by atoms with Crippen LogP contribution in [-0.2, 0) is 0 Å². The van der Waals surface area contributed by atoms with Gasteiger partial charge < -0.3 is 0 Å². The lowest BCUT2D eigenvalue weighted by atomic mass is 9.83. The largest absolute Gasteiger partial charge is 0.431 e. The highest BCUT2D eigenvalue weighted by atomic mass is 127. The molecule has 0 saturated heterocycles. The van der Waals surface area contributed by atoms with Crippen LogP contribution in [0.25, 0.3) is 0 Å². The van der Waals surface area contributed by atoms with Crippen molar-refractivity contribution in [3.05, 3.63) is 0 Å². The van der Waals surface area contributed by atoms with E-state index < -0.39 is 115 Å². The monoisotopic (exact) mass is 1000 g/mol. The Balaban J connectivity index is 0. The van der Waals surface area contributed by atoms with E-state index in [1.807, 2.05) is 0 Å². The van der Waals surface area contributed by atoms with Gasteiger partial charge in [0.05, 0.1) is 17.8 Å². The van der Waals surface area contributed by atoms with E-state index in [0.29, 0.717) is 22.6 Å².